The molecule has 2 N–H and O–H groups in total. The van der Waals surface area contributed by atoms with E-state index in [0.717, 1.165) is 24.2 Å². The van der Waals surface area contributed by atoms with Gasteiger partial charge in [0, 0.05) is 19.0 Å². The van der Waals surface area contributed by atoms with E-state index in [1.807, 2.05) is 0 Å². The number of benzene rings is 1. The number of likely N-dealkylation sites (N-methyl/N-ethyl adjacent to an activating group) is 1. The number of carbonyl (C=O) groups is 4. The van der Waals surface area contributed by atoms with Crippen LogP contribution < -0.4 is 10.1 Å². The van der Waals surface area contributed by atoms with Gasteiger partial charge in [-0.1, -0.05) is 63.7 Å². The van der Waals surface area contributed by atoms with E-state index >= 15 is 0 Å². The van der Waals surface area contributed by atoms with Crippen LogP contribution in [-0.4, -0.2) is 86.5 Å². The highest BCUT2D eigenvalue weighted by molar-refractivity contribution is 7.54. The standard InChI is InChI=1S/C33H51N2O10P/c1-6-9-10-11-12-13-14-15-16-17-18-26-19-20-28(33(39)40)29(21-26)43-24-27(22-32(38)42-5)34-30(36)23-35(4)31(37)25-46(41,44-7-2)45-8-3/h19-21,27H,6-16,22-25H2,1-5H3,(H,34,36)(H,39,40)/t27-/m0/s1. The topological polar surface area (TPSA) is 158 Å². The minimum absolute atomic E-state index is 0.0328. The second-order valence-corrected chi connectivity index (χ2v) is 12.8. The third-order valence-electron chi connectivity index (χ3n) is 6.83. The van der Waals surface area contributed by atoms with E-state index in [2.05, 4.69) is 24.1 Å². The number of hydrogen-bond donors (Lipinski definition) is 2. The molecule has 258 valence electrons. The molecule has 1 aromatic carbocycles. The Hall–Kier alpha value is -3.39. The zero-order valence-electron chi connectivity index (χ0n) is 27.9. The van der Waals surface area contributed by atoms with Crippen molar-refractivity contribution in [2.75, 3.05) is 46.7 Å². The molecule has 0 aromatic heterocycles. The van der Waals surface area contributed by atoms with E-state index in [9.17, 15) is 28.8 Å². The first-order valence-electron chi connectivity index (χ1n) is 16.0. The fourth-order valence-electron chi connectivity index (χ4n) is 4.42. The normalized spacial score (nSPS) is 11.6. The highest BCUT2D eigenvalue weighted by atomic mass is 31.2. The van der Waals surface area contributed by atoms with Gasteiger partial charge in [0.05, 0.1) is 39.3 Å². The molecule has 1 aromatic rings. The fraction of sp³-hybridized carbons (Fsp3) is 0.636. The van der Waals surface area contributed by atoms with E-state index in [4.69, 9.17) is 18.5 Å². The number of nitrogens with one attached hydrogen (secondary N) is 1. The molecular formula is C33H51N2O10P. The summed E-state index contributed by atoms with van der Waals surface area (Å²) >= 11 is 0. The van der Waals surface area contributed by atoms with Gasteiger partial charge in [0.15, 0.2) is 0 Å². The van der Waals surface area contributed by atoms with Crippen molar-refractivity contribution in [1.29, 1.82) is 0 Å². The van der Waals surface area contributed by atoms with Crippen LogP contribution in [0.15, 0.2) is 18.2 Å². The first-order chi connectivity index (χ1) is 22.0. The van der Waals surface area contributed by atoms with Gasteiger partial charge in [-0.3, -0.25) is 18.9 Å². The van der Waals surface area contributed by atoms with E-state index in [0.29, 0.717) is 5.56 Å². The highest BCUT2D eigenvalue weighted by Gasteiger charge is 2.30. The predicted octanol–water partition coefficient (Wildman–Crippen LogP) is 5.42. The van der Waals surface area contributed by atoms with Crippen LogP contribution in [0.4, 0.5) is 0 Å². The Balaban J connectivity index is 2.85. The Bertz CT molecular complexity index is 1220. The summed E-state index contributed by atoms with van der Waals surface area (Å²) in [4.78, 5) is 50.4. The number of carbonyl (C=O) groups excluding carboxylic acids is 3. The quantitative estimate of drug-likeness (QED) is 0.0669. The van der Waals surface area contributed by atoms with Crippen LogP contribution in [0.25, 0.3) is 0 Å². The number of nitrogens with zero attached hydrogens (tertiary/aromatic N) is 1. The molecule has 12 nitrogen and oxygen atoms in total. The van der Waals surface area contributed by atoms with E-state index in [1.165, 1.54) is 64.8 Å². The number of hydrogen-bond acceptors (Lipinski definition) is 9. The molecule has 13 heteroatoms. The van der Waals surface area contributed by atoms with E-state index in [1.54, 1.807) is 19.9 Å². The van der Waals surface area contributed by atoms with Crippen molar-refractivity contribution in [3.05, 3.63) is 29.3 Å². The maximum absolute atomic E-state index is 12.8. The molecule has 0 bridgehead atoms. The summed E-state index contributed by atoms with van der Waals surface area (Å²) in [6.45, 7) is 4.94. The Kier molecular flexibility index (Phi) is 20.3. The lowest BCUT2D eigenvalue weighted by Gasteiger charge is -2.23. The third-order valence-corrected chi connectivity index (χ3v) is 8.79. The van der Waals surface area contributed by atoms with Gasteiger partial charge in [-0.2, -0.15) is 0 Å². The number of amides is 2. The van der Waals surface area contributed by atoms with Gasteiger partial charge in [0.2, 0.25) is 11.8 Å². The van der Waals surface area contributed by atoms with Crippen molar-refractivity contribution in [3.63, 3.8) is 0 Å². The van der Waals surface area contributed by atoms with Gasteiger partial charge in [-0.15, -0.1) is 0 Å². The lowest BCUT2D eigenvalue weighted by molar-refractivity contribution is -0.142. The lowest BCUT2D eigenvalue weighted by atomic mass is 10.1. The van der Waals surface area contributed by atoms with Crippen LogP contribution >= 0.6 is 7.60 Å². The largest absolute Gasteiger partial charge is 0.490 e. The van der Waals surface area contributed by atoms with Gasteiger partial charge < -0.3 is 33.8 Å². The molecule has 1 atom stereocenters. The molecule has 1 rings (SSSR count). The van der Waals surface area contributed by atoms with Crippen LogP contribution in [0, 0.1) is 11.8 Å². The molecule has 0 saturated heterocycles. The minimum Gasteiger partial charge on any atom is -0.490 e. The summed E-state index contributed by atoms with van der Waals surface area (Å²) in [5, 5.41) is 12.3. The number of unbranched alkanes of at least 4 members (excludes halogenated alkanes) is 8. The smallest absolute Gasteiger partial charge is 0.340 e. The van der Waals surface area contributed by atoms with Gasteiger partial charge in [-0.05, 0) is 38.5 Å². The molecule has 0 saturated carbocycles. The number of carboxylic acid groups (broad SMARTS) is 1. The van der Waals surface area contributed by atoms with Gasteiger partial charge in [-0.25, -0.2) is 4.79 Å². The number of carboxylic acids is 1. The van der Waals surface area contributed by atoms with Gasteiger partial charge in [0.25, 0.3) is 0 Å². The van der Waals surface area contributed by atoms with E-state index in [-0.39, 0.29) is 37.6 Å². The fourth-order valence-corrected chi connectivity index (χ4v) is 6.04. The monoisotopic (exact) mass is 666 g/mol. The first kappa shape index (κ1) is 40.6. The first-order valence-corrected chi connectivity index (χ1v) is 17.7. The summed E-state index contributed by atoms with van der Waals surface area (Å²) in [7, 11) is -1.11. The van der Waals surface area contributed by atoms with E-state index < -0.39 is 50.1 Å². The number of rotatable bonds is 23. The molecule has 0 radical (unpaired) electrons. The second kappa shape index (κ2) is 23.0. The second-order valence-electron chi connectivity index (χ2n) is 10.8. The summed E-state index contributed by atoms with van der Waals surface area (Å²) in [5.74, 6) is 3.11. The molecule has 2 amide bonds. The molecule has 46 heavy (non-hydrogen) atoms. The van der Waals surface area contributed by atoms with Crippen LogP contribution in [0.2, 0.25) is 0 Å². The number of aromatic carboxylic acids is 1. The van der Waals surface area contributed by atoms with Crippen LogP contribution in [0.3, 0.4) is 0 Å². The number of methoxy groups -OCH3 is 1. The highest BCUT2D eigenvalue weighted by Crippen LogP contribution is 2.47. The molecule has 0 heterocycles. The molecule has 0 fully saturated rings. The zero-order valence-corrected chi connectivity index (χ0v) is 28.8. The zero-order chi connectivity index (χ0) is 34.4. The number of esters is 1. The number of ether oxygens (including phenoxy) is 2. The molecule has 0 aliphatic carbocycles. The van der Waals surface area contributed by atoms with Crippen molar-refractivity contribution < 1.29 is 47.4 Å². The summed E-state index contributed by atoms with van der Waals surface area (Å²) < 4.78 is 33.5. The third kappa shape index (κ3) is 16.8. The Morgan fingerprint density at radius 3 is 2.20 bits per heavy atom. The van der Waals surface area contributed by atoms with Crippen molar-refractivity contribution >= 4 is 31.3 Å². The average molecular weight is 667 g/mol. The Morgan fingerprint density at radius 2 is 1.61 bits per heavy atom. The minimum atomic E-state index is -3.67. The molecule has 0 aliphatic heterocycles. The molecule has 0 unspecified atom stereocenters. The summed E-state index contributed by atoms with van der Waals surface area (Å²) in [6.07, 6.45) is 9.54. The molecule has 0 aliphatic rings. The summed E-state index contributed by atoms with van der Waals surface area (Å²) in [6, 6.07) is 3.60. The molecule has 0 spiro atoms. The van der Waals surface area contributed by atoms with Crippen molar-refractivity contribution in [2.45, 2.75) is 91.0 Å². The van der Waals surface area contributed by atoms with Crippen LogP contribution in [0.5, 0.6) is 5.75 Å². The van der Waals surface area contributed by atoms with Crippen molar-refractivity contribution in [1.82, 2.24) is 10.2 Å². The van der Waals surface area contributed by atoms with Gasteiger partial charge >= 0.3 is 19.5 Å². The lowest BCUT2D eigenvalue weighted by Crippen LogP contribution is -2.46. The SMILES string of the molecule is CCCCCCCCCCC#Cc1ccc(C(=O)O)c(OC[C@H](CC(=O)OC)NC(=O)CN(C)C(=O)CP(=O)(OCC)OCC)c1. The maximum atomic E-state index is 12.8. The maximum Gasteiger partial charge on any atom is 0.340 e. The van der Waals surface area contributed by atoms with Crippen molar-refractivity contribution in [2.24, 2.45) is 0 Å². The summed E-state index contributed by atoms with van der Waals surface area (Å²) in [5.41, 5.74) is 0.472. The Morgan fingerprint density at radius 1 is 0.978 bits per heavy atom. The van der Waals surface area contributed by atoms with Crippen molar-refractivity contribution in [3.8, 4) is 17.6 Å². The average Bonchev–Trinajstić information content (AvgIpc) is 3.00. The predicted molar refractivity (Wildman–Crippen MR) is 175 cm³/mol. The van der Waals surface area contributed by atoms with Crippen LogP contribution in [0.1, 0.15) is 101 Å². The van der Waals surface area contributed by atoms with Crippen LogP contribution in [-0.2, 0) is 32.7 Å². The molecular weight excluding hydrogens is 615 g/mol. The Labute approximate surface area is 273 Å². The van der Waals surface area contributed by atoms with Gasteiger partial charge in [0.1, 0.15) is 24.1 Å².